The molecule has 0 fully saturated rings. The first kappa shape index (κ1) is 14.2. The molecule has 0 radical (unpaired) electrons. The maximum atomic E-state index is 11.5. The van der Waals surface area contributed by atoms with Gasteiger partial charge in [0.05, 0.1) is 4.83 Å². The van der Waals surface area contributed by atoms with Crippen LogP contribution in [0.1, 0.15) is 38.2 Å². The highest BCUT2D eigenvalue weighted by Crippen LogP contribution is 2.17. The van der Waals surface area contributed by atoms with E-state index in [9.17, 15) is 4.79 Å². The minimum atomic E-state index is -0.0606. The summed E-state index contributed by atoms with van der Waals surface area (Å²) in [6.07, 6.45) is 1.79. The van der Waals surface area contributed by atoms with Gasteiger partial charge < -0.3 is 5.32 Å². The Balaban J connectivity index is 2.30. The second-order valence-corrected chi connectivity index (χ2v) is 5.37. The van der Waals surface area contributed by atoms with Crippen molar-refractivity contribution in [3.8, 4) is 0 Å². The van der Waals surface area contributed by atoms with E-state index in [0.29, 0.717) is 5.92 Å². The van der Waals surface area contributed by atoms with Gasteiger partial charge in [-0.3, -0.25) is 4.79 Å². The van der Waals surface area contributed by atoms with E-state index in [1.54, 1.807) is 0 Å². The minimum Gasteiger partial charge on any atom is -0.355 e. The van der Waals surface area contributed by atoms with E-state index < -0.39 is 0 Å². The number of carbonyl (C=O) groups is 1. The molecule has 0 saturated carbocycles. The molecule has 2 nitrogen and oxygen atoms in total. The van der Waals surface area contributed by atoms with Crippen molar-refractivity contribution in [2.24, 2.45) is 0 Å². The third kappa shape index (κ3) is 4.90. The molecule has 0 aromatic heterocycles. The molecule has 0 heterocycles. The smallest absolute Gasteiger partial charge is 0.233 e. The first-order valence-corrected chi connectivity index (χ1v) is 7.03. The number of hydrogen-bond acceptors (Lipinski definition) is 1. The van der Waals surface area contributed by atoms with Gasteiger partial charge in [0.2, 0.25) is 5.91 Å². The summed E-state index contributed by atoms with van der Waals surface area (Å²) in [4.78, 5) is 11.5. The first-order valence-electron chi connectivity index (χ1n) is 6.11. The van der Waals surface area contributed by atoms with Crippen LogP contribution in [0.25, 0.3) is 0 Å². The minimum absolute atomic E-state index is 0.0606. The zero-order valence-corrected chi connectivity index (χ0v) is 12.0. The highest BCUT2D eigenvalue weighted by Gasteiger charge is 2.12. The van der Waals surface area contributed by atoms with Gasteiger partial charge in [-0.15, -0.1) is 0 Å². The van der Waals surface area contributed by atoms with Gasteiger partial charge in [0, 0.05) is 6.54 Å². The molecule has 0 saturated heterocycles. The van der Waals surface area contributed by atoms with E-state index in [2.05, 4.69) is 52.4 Å². The lowest BCUT2D eigenvalue weighted by Crippen LogP contribution is -2.31. The number of hydrogen-bond donors (Lipinski definition) is 1. The third-order valence-corrected chi connectivity index (χ3v) is 3.95. The standard InChI is InChI=1S/C14H20BrNO/c1-3-13(15)14(17)16-10-9-11(2)12-7-5-4-6-8-12/h4-8,11,13H,3,9-10H2,1-2H3,(H,16,17). The molecule has 1 aromatic rings. The maximum absolute atomic E-state index is 11.5. The third-order valence-electron chi connectivity index (χ3n) is 2.89. The molecule has 17 heavy (non-hydrogen) atoms. The van der Waals surface area contributed by atoms with Crippen LogP contribution in [0.4, 0.5) is 0 Å². The Morgan fingerprint density at radius 3 is 2.59 bits per heavy atom. The second kappa shape index (κ2) is 7.49. The van der Waals surface area contributed by atoms with Crippen molar-refractivity contribution in [1.82, 2.24) is 5.32 Å². The molecule has 1 aromatic carbocycles. The molecule has 2 unspecified atom stereocenters. The Morgan fingerprint density at radius 1 is 1.35 bits per heavy atom. The summed E-state index contributed by atoms with van der Waals surface area (Å²) in [6.45, 7) is 4.91. The number of benzene rings is 1. The van der Waals surface area contributed by atoms with Gasteiger partial charge in [-0.05, 0) is 24.3 Å². The lowest BCUT2D eigenvalue weighted by molar-refractivity contribution is -0.120. The topological polar surface area (TPSA) is 29.1 Å². The van der Waals surface area contributed by atoms with Crippen molar-refractivity contribution in [2.75, 3.05) is 6.54 Å². The first-order chi connectivity index (χ1) is 8.15. The summed E-state index contributed by atoms with van der Waals surface area (Å²) in [5.41, 5.74) is 1.33. The Kier molecular flexibility index (Phi) is 6.27. The lowest BCUT2D eigenvalue weighted by Gasteiger charge is -2.13. The van der Waals surface area contributed by atoms with Gasteiger partial charge in [-0.25, -0.2) is 0 Å². The normalized spacial score (nSPS) is 14.1. The molecule has 2 atom stereocenters. The fourth-order valence-corrected chi connectivity index (χ4v) is 1.82. The number of alkyl halides is 1. The van der Waals surface area contributed by atoms with Gasteiger partial charge in [0.1, 0.15) is 0 Å². The quantitative estimate of drug-likeness (QED) is 0.801. The van der Waals surface area contributed by atoms with Crippen LogP contribution in [-0.2, 0) is 4.79 Å². The van der Waals surface area contributed by atoms with E-state index in [4.69, 9.17) is 0 Å². The summed E-state index contributed by atoms with van der Waals surface area (Å²) < 4.78 is 0. The van der Waals surface area contributed by atoms with Crippen LogP contribution in [0, 0.1) is 0 Å². The molecule has 0 spiro atoms. The van der Waals surface area contributed by atoms with Crippen LogP contribution >= 0.6 is 15.9 Å². The van der Waals surface area contributed by atoms with Crippen LogP contribution in [-0.4, -0.2) is 17.3 Å². The van der Waals surface area contributed by atoms with E-state index in [-0.39, 0.29) is 10.7 Å². The molecule has 1 amide bonds. The summed E-state index contributed by atoms with van der Waals surface area (Å²) in [6, 6.07) is 10.4. The van der Waals surface area contributed by atoms with Crippen LogP contribution < -0.4 is 5.32 Å². The van der Waals surface area contributed by atoms with E-state index in [1.165, 1.54) is 5.56 Å². The van der Waals surface area contributed by atoms with E-state index in [1.807, 2.05) is 13.0 Å². The SMILES string of the molecule is CCC(Br)C(=O)NCCC(C)c1ccccc1. The number of carbonyl (C=O) groups excluding carboxylic acids is 1. The van der Waals surface area contributed by atoms with Crippen molar-refractivity contribution in [2.45, 2.75) is 37.4 Å². The molecule has 0 aliphatic rings. The molecule has 0 aliphatic carbocycles. The van der Waals surface area contributed by atoms with Crippen molar-refractivity contribution in [3.63, 3.8) is 0 Å². The van der Waals surface area contributed by atoms with Crippen LogP contribution in [0.15, 0.2) is 30.3 Å². The largest absolute Gasteiger partial charge is 0.355 e. The number of amides is 1. The summed E-state index contributed by atoms with van der Waals surface area (Å²) in [5, 5.41) is 2.95. The van der Waals surface area contributed by atoms with E-state index in [0.717, 1.165) is 19.4 Å². The van der Waals surface area contributed by atoms with E-state index >= 15 is 0 Å². The zero-order valence-electron chi connectivity index (χ0n) is 10.4. The Hall–Kier alpha value is -0.830. The maximum Gasteiger partial charge on any atom is 0.233 e. The van der Waals surface area contributed by atoms with Crippen molar-refractivity contribution < 1.29 is 4.79 Å². The van der Waals surface area contributed by atoms with Crippen LogP contribution in [0.5, 0.6) is 0 Å². The van der Waals surface area contributed by atoms with Gasteiger partial charge in [0.15, 0.2) is 0 Å². The summed E-state index contributed by atoms with van der Waals surface area (Å²) in [5.74, 6) is 0.569. The molecular weight excluding hydrogens is 278 g/mol. The highest BCUT2D eigenvalue weighted by atomic mass is 79.9. The fourth-order valence-electron chi connectivity index (χ4n) is 1.66. The average molecular weight is 298 g/mol. The lowest BCUT2D eigenvalue weighted by atomic mass is 9.98. The summed E-state index contributed by atoms with van der Waals surface area (Å²) >= 11 is 3.34. The Bertz CT molecular complexity index is 339. The van der Waals surface area contributed by atoms with Crippen LogP contribution in [0.2, 0.25) is 0 Å². The van der Waals surface area contributed by atoms with Gasteiger partial charge in [-0.1, -0.05) is 60.1 Å². The Labute approximate surface area is 112 Å². The molecule has 3 heteroatoms. The molecule has 1 rings (SSSR count). The fraction of sp³-hybridized carbons (Fsp3) is 0.500. The predicted octanol–water partition coefficient (Wildman–Crippen LogP) is 3.47. The summed E-state index contributed by atoms with van der Waals surface area (Å²) in [7, 11) is 0. The van der Waals surface area contributed by atoms with Crippen molar-refractivity contribution in [3.05, 3.63) is 35.9 Å². The van der Waals surface area contributed by atoms with Crippen molar-refractivity contribution >= 4 is 21.8 Å². The highest BCUT2D eigenvalue weighted by molar-refractivity contribution is 9.10. The molecular formula is C14H20BrNO. The van der Waals surface area contributed by atoms with Crippen LogP contribution in [0.3, 0.4) is 0 Å². The molecule has 0 aliphatic heterocycles. The number of nitrogens with one attached hydrogen (secondary N) is 1. The molecule has 1 N–H and O–H groups in total. The van der Waals surface area contributed by atoms with Gasteiger partial charge in [0.25, 0.3) is 0 Å². The number of rotatable bonds is 6. The van der Waals surface area contributed by atoms with Crippen molar-refractivity contribution in [1.29, 1.82) is 0 Å². The zero-order chi connectivity index (χ0) is 12.7. The molecule has 0 bridgehead atoms. The molecule has 94 valence electrons. The second-order valence-electron chi connectivity index (χ2n) is 4.27. The van der Waals surface area contributed by atoms with Gasteiger partial charge >= 0.3 is 0 Å². The number of halogens is 1. The predicted molar refractivity (Wildman–Crippen MR) is 75.5 cm³/mol. The monoisotopic (exact) mass is 297 g/mol. The average Bonchev–Trinajstić information content (AvgIpc) is 2.38. The Morgan fingerprint density at radius 2 is 2.00 bits per heavy atom. The van der Waals surface area contributed by atoms with Gasteiger partial charge in [-0.2, -0.15) is 0 Å².